The molecule has 1 atom stereocenters. The van der Waals surface area contributed by atoms with Crippen LogP contribution in [-0.2, 0) is 12.7 Å². The maximum Gasteiger partial charge on any atom is 0.435 e. The SMILES string of the molecule is NCc1cccc(-n2nc(C(F)(F)F)cc2C(=O)Nc2cccc(C(NCC3CC3)c3cccnc3)c2)c1. The van der Waals surface area contributed by atoms with Crippen molar-refractivity contribution in [2.24, 2.45) is 11.7 Å². The zero-order valence-electron chi connectivity index (χ0n) is 20.4. The predicted molar refractivity (Wildman–Crippen MR) is 138 cm³/mol. The van der Waals surface area contributed by atoms with Crippen molar-refractivity contribution < 1.29 is 18.0 Å². The molecular formula is C28H27F3N6O. The number of anilines is 1. The van der Waals surface area contributed by atoms with Crippen LogP contribution >= 0.6 is 0 Å². The van der Waals surface area contributed by atoms with Gasteiger partial charge in [-0.25, -0.2) is 4.68 Å². The van der Waals surface area contributed by atoms with Crippen LogP contribution in [0.25, 0.3) is 5.69 Å². The Bertz CT molecular complexity index is 1420. The molecule has 2 heterocycles. The van der Waals surface area contributed by atoms with E-state index in [1.165, 1.54) is 12.8 Å². The third kappa shape index (κ3) is 5.92. The number of pyridine rings is 1. The molecule has 1 saturated carbocycles. The average molecular weight is 521 g/mol. The molecule has 0 radical (unpaired) electrons. The Labute approximate surface area is 217 Å². The number of halogens is 3. The molecule has 0 saturated heterocycles. The molecule has 1 aliphatic carbocycles. The lowest BCUT2D eigenvalue weighted by molar-refractivity contribution is -0.141. The van der Waals surface area contributed by atoms with Crippen LogP contribution in [0.5, 0.6) is 0 Å². The fourth-order valence-corrected chi connectivity index (χ4v) is 4.27. The Balaban J connectivity index is 1.44. The zero-order valence-corrected chi connectivity index (χ0v) is 20.4. The van der Waals surface area contributed by atoms with Gasteiger partial charge in [-0.3, -0.25) is 9.78 Å². The van der Waals surface area contributed by atoms with Gasteiger partial charge in [0, 0.05) is 30.7 Å². The Kier molecular flexibility index (Phi) is 7.26. The highest BCUT2D eigenvalue weighted by atomic mass is 19.4. The first-order chi connectivity index (χ1) is 18.3. The molecule has 196 valence electrons. The third-order valence-electron chi connectivity index (χ3n) is 6.43. The second-order valence-corrected chi connectivity index (χ2v) is 9.35. The summed E-state index contributed by atoms with van der Waals surface area (Å²) in [6.07, 6.45) is 1.19. The summed E-state index contributed by atoms with van der Waals surface area (Å²) in [6.45, 7) is 1.06. The van der Waals surface area contributed by atoms with Gasteiger partial charge in [-0.1, -0.05) is 30.3 Å². The highest BCUT2D eigenvalue weighted by molar-refractivity contribution is 6.03. The van der Waals surface area contributed by atoms with Crippen LogP contribution in [-0.4, -0.2) is 27.2 Å². The molecular weight excluding hydrogens is 493 g/mol. The molecule has 2 aromatic carbocycles. The molecule has 1 aliphatic rings. The molecule has 0 bridgehead atoms. The third-order valence-corrected chi connectivity index (χ3v) is 6.43. The van der Waals surface area contributed by atoms with E-state index in [4.69, 9.17) is 5.73 Å². The van der Waals surface area contributed by atoms with Crippen LogP contribution in [0.4, 0.5) is 18.9 Å². The second-order valence-electron chi connectivity index (χ2n) is 9.35. The number of benzene rings is 2. The Morgan fingerprint density at radius 1 is 1.05 bits per heavy atom. The van der Waals surface area contributed by atoms with Gasteiger partial charge in [-0.15, -0.1) is 0 Å². The summed E-state index contributed by atoms with van der Waals surface area (Å²) in [7, 11) is 0. The summed E-state index contributed by atoms with van der Waals surface area (Å²) >= 11 is 0. The Morgan fingerprint density at radius 3 is 2.55 bits per heavy atom. The van der Waals surface area contributed by atoms with Gasteiger partial charge in [0.25, 0.3) is 5.91 Å². The van der Waals surface area contributed by atoms with Gasteiger partial charge in [-0.2, -0.15) is 18.3 Å². The summed E-state index contributed by atoms with van der Waals surface area (Å²) in [6, 6.07) is 18.3. The molecule has 38 heavy (non-hydrogen) atoms. The molecule has 4 aromatic rings. The first-order valence-corrected chi connectivity index (χ1v) is 12.3. The smallest absolute Gasteiger partial charge is 0.326 e. The Hall–Kier alpha value is -4.02. The molecule has 0 spiro atoms. The molecule has 1 amide bonds. The highest BCUT2D eigenvalue weighted by Crippen LogP contribution is 2.32. The summed E-state index contributed by atoms with van der Waals surface area (Å²) in [4.78, 5) is 17.5. The lowest BCUT2D eigenvalue weighted by Crippen LogP contribution is -2.25. The standard InChI is InChI=1S/C28H27F3N6O/c29-28(30,31)25-14-24(37(36-25)23-8-1-4-19(12-23)15-32)27(38)35-22-7-2-5-20(13-22)26(34-16-18-9-10-18)21-6-3-11-33-17-21/h1-8,11-14,17-18,26,34H,9-10,15-16,32H2,(H,35,38). The number of amides is 1. The topological polar surface area (TPSA) is 97.9 Å². The minimum Gasteiger partial charge on any atom is -0.326 e. The second kappa shape index (κ2) is 10.8. The van der Waals surface area contributed by atoms with Crippen molar-refractivity contribution in [1.29, 1.82) is 0 Å². The highest BCUT2D eigenvalue weighted by Gasteiger charge is 2.36. The summed E-state index contributed by atoms with van der Waals surface area (Å²) < 4.78 is 41.6. The lowest BCUT2D eigenvalue weighted by Gasteiger charge is -2.20. The maximum atomic E-state index is 13.5. The van der Waals surface area contributed by atoms with Gasteiger partial charge >= 0.3 is 6.18 Å². The minimum absolute atomic E-state index is 0.150. The van der Waals surface area contributed by atoms with E-state index in [1.54, 1.807) is 48.8 Å². The van der Waals surface area contributed by atoms with E-state index in [-0.39, 0.29) is 18.3 Å². The molecule has 10 heteroatoms. The molecule has 1 fully saturated rings. The fraction of sp³-hybridized carbons (Fsp3) is 0.250. The number of hydrogen-bond donors (Lipinski definition) is 3. The first kappa shape index (κ1) is 25.6. The number of hydrogen-bond acceptors (Lipinski definition) is 5. The van der Waals surface area contributed by atoms with Gasteiger partial charge < -0.3 is 16.4 Å². The Morgan fingerprint density at radius 2 is 1.84 bits per heavy atom. The molecule has 4 N–H and O–H groups in total. The number of nitrogens with zero attached hydrogens (tertiary/aromatic N) is 3. The average Bonchev–Trinajstić information content (AvgIpc) is 3.63. The predicted octanol–water partition coefficient (Wildman–Crippen LogP) is 5.09. The fourth-order valence-electron chi connectivity index (χ4n) is 4.27. The van der Waals surface area contributed by atoms with Crippen LogP contribution in [0.15, 0.2) is 79.1 Å². The van der Waals surface area contributed by atoms with Crippen LogP contribution in [0, 0.1) is 5.92 Å². The quantitative estimate of drug-likeness (QED) is 0.286. The van der Waals surface area contributed by atoms with Crippen LogP contribution in [0.2, 0.25) is 0 Å². The number of carbonyl (C=O) groups is 1. The van der Waals surface area contributed by atoms with Crippen molar-refractivity contribution in [2.75, 3.05) is 11.9 Å². The van der Waals surface area contributed by atoms with Gasteiger partial charge in [-0.05, 0) is 72.3 Å². The van der Waals surface area contributed by atoms with Crippen LogP contribution < -0.4 is 16.4 Å². The number of nitrogens with two attached hydrogens (primary N) is 1. The van der Waals surface area contributed by atoms with Crippen molar-refractivity contribution in [3.63, 3.8) is 0 Å². The maximum absolute atomic E-state index is 13.5. The van der Waals surface area contributed by atoms with Gasteiger partial charge in [0.2, 0.25) is 0 Å². The van der Waals surface area contributed by atoms with E-state index in [9.17, 15) is 18.0 Å². The minimum atomic E-state index is -4.71. The molecule has 2 aromatic heterocycles. The van der Waals surface area contributed by atoms with E-state index in [1.807, 2.05) is 24.3 Å². The normalized spacial score (nSPS) is 14.3. The van der Waals surface area contributed by atoms with Crippen LogP contribution in [0.3, 0.4) is 0 Å². The largest absolute Gasteiger partial charge is 0.435 e. The number of nitrogens with one attached hydrogen (secondary N) is 2. The van der Waals surface area contributed by atoms with Crippen molar-refractivity contribution in [2.45, 2.75) is 31.6 Å². The number of alkyl halides is 3. The van der Waals surface area contributed by atoms with E-state index in [0.29, 0.717) is 22.9 Å². The van der Waals surface area contributed by atoms with Gasteiger partial charge in [0.15, 0.2) is 5.69 Å². The van der Waals surface area contributed by atoms with Crippen molar-refractivity contribution in [3.05, 3.63) is 107 Å². The number of carbonyl (C=O) groups excluding carboxylic acids is 1. The van der Waals surface area contributed by atoms with Gasteiger partial charge in [0.1, 0.15) is 5.69 Å². The summed E-state index contributed by atoms with van der Waals surface area (Å²) in [5.41, 5.74) is 7.63. The van der Waals surface area contributed by atoms with E-state index >= 15 is 0 Å². The number of aromatic nitrogens is 3. The van der Waals surface area contributed by atoms with Crippen molar-refractivity contribution in [1.82, 2.24) is 20.1 Å². The van der Waals surface area contributed by atoms with Crippen molar-refractivity contribution in [3.8, 4) is 5.69 Å². The van der Waals surface area contributed by atoms with Crippen LogP contribution in [0.1, 0.15) is 51.8 Å². The molecule has 5 rings (SSSR count). The molecule has 0 aliphatic heterocycles. The zero-order chi connectivity index (χ0) is 26.7. The molecule has 7 nitrogen and oxygen atoms in total. The van der Waals surface area contributed by atoms with E-state index in [0.717, 1.165) is 28.4 Å². The summed E-state index contributed by atoms with van der Waals surface area (Å²) in [5, 5.41) is 10.0. The first-order valence-electron chi connectivity index (χ1n) is 12.3. The lowest BCUT2D eigenvalue weighted by atomic mass is 9.99. The van der Waals surface area contributed by atoms with E-state index < -0.39 is 17.8 Å². The molecule has 1 unspecified atom stereocenters. The summed E-state index contributed by atoms with van der Waals surface area (Å²) in [5.74, 6) is -0.0647. The number of rotatable bonds is 9. The van der Waals surface area contributed by atoms with Gasteiger partial charge in [0.05, 0.1) is 11.7 Å². The van der Waals surface area contributed by atoms with Crippen molar-refractivity contribution >= 4 is 11.6 Å². The monoisotopic (exact) mass is 520 g/mol. The van der Waals surface area contributed by atoms with E-state index in [2.05, 4.69) is 20.7 Å².